The molecule has 7 heteroatoms. The minimum absolute atomic E-state index is 0.319. The van der Waals surface area contributed by atoms with Crippen molar-refractivity contribution < 1.29 is 13.2 Å². The lowest BCUT2D eigenvalue weighted by atomic mass is 10.1. The molecule has 120 valence electrons. The van der Waals surface area contributed by atoms with Crippen molar-refractivity contribution >= 4 is 16.6 Å². The average Bonchev–Trinajstić information content (AvgIpc) is 2.91. The van der Waals surface area contributed by atoms with E-state index in [2.05, 4.69) is 15.4 Å². The van der Waals surface area contributed by atoms with Gasteiger partial charge in [0.2, 0.25) is 0 Å². The molecule has 0 saturated heterocycles. The molecule has 1 N–H and O–H groups in total. The van der Waals surface area contributed by atoms with Gasteiger partial charge in [0, 0.05) is 30.0 Å². The fourth-order valence-corrected chi connectivity index (χ4v) is 2.37. The number of fused-ring (bicyclic) bond motifs is 1. The molecule has 0 fully saturated rings. The highest BCUT2D eigenvalue weighted by molar-refractivity contribution is 5.91. The van der Waals surface area contributed by atoms with Crippen molar-refractivity contribution in [3.05, 3.63) is 54.0 Å². The number of pyridine rings is 1. The Morgan fingerprint density at radius 3 is 2.74 bits per heavy atom. The van der Waals surface area contributed by atoms with Gasteiger partial charge in [-0.15, -0.1) is 0 Å². The fraction of sp³-hybridized carbons (Fsp3) is 0.250. The molecule has 0 radical (unpaired) electrons. The summed E-state index contributed by atoms with van der Waals surface area (Å²) in [5.74, 6) is 0. The normalized spacial score (nSPS) is 11.8. The van der Waals surface area contributed by atoms with E-state index < -0.39 is 11.7 Å². The average molecular weight is 320 g/mol. The lowest BCUT2D eigenvalue weighted by Gasteiger charge is -2.11. The SMILES string of the molecule is Cc1cnn(CCNc2ccnc3cc(C(F)(F)F)ccc23)c1. The first-order chi connectivity index (χ1) is 10.9. The summed E-state index contributed by atoms with van der Waals surface area (Å²) in [6, 6.07) is 5.35. The number of nitrogens with one attached hydrogen (secondary N) is 1. The van der Waals surface area contributed by atoms with Gasteiger partial charge in [-0.2, -0.15) is 18.3 Å². The first-order valence-corrected chi connectivity index (χ1v) is 7.12. The Labute approximate surface area is 131 Å². The Bertz CT molecular complexity index is 824. The monoisotopic (exact) mass is 320 g/mol. The molecular weight excluding hydrogens is 305 g/mol. The van der Waals surface area contributed by atoms with Crippen molar-refractivity contribution in [2.24, 2.45) is 0 Å². The molecule has 1 aromatic carbocycles. The topological polar surface area (TPSA) is 42.7 Å². The van der Waals surface area contributed by atoms with Crippen LogP contribution in [0.5, 0.6) is 0 Å². The third kappa shape index (κ3) is 3.44. The van der Waals surface area contributed by atoms with Gasteiger partial charge in [-0.25, -0.2) is 0 Å². The van der Waals surface area contributed by atoms with Gasteiger partial charge in [0.15, 0.2) is 0 Å². The zero-order chi connectivity index (χ0) is 16.4. The summed E-state index contributed by atoms with van der Waals surface area (Å²) in [6.45, 7) is 3.24. The molecule has 4 nitrogen and oxygen atoms in total. The maximum atomic E-state index is 12.8. The van der Waals surface area contributed by atoms with Gasteiger partial charge < -0.3 is 5.32 Å². The van der Waals surface area contributed by atoms with Crippen LogP contribution < -0.4 is 5.32 Å². The predicted octanol–water partition coefficient (Wildman–Crippen LogP) is 3.87. The zero-order valence-corrected chi connectivity index (χ0v) is 12.4. The molecule has 0 aliphatic rings. The molecule has 23 heavy (non-hydrogen) atoms. The van der Waals surface area contributed by atoms with Gasteiger partial charge in [-0.3, -0.25) is 9.67 Å². The highest BCUT2D eigenvalue weighted by Crippen LogP contribution is 2.32. The van der Waals surface area contributed by atoms with Crippen LogP contribution in [0.3, 0.4) is 0 Å². The second kappa shape index (κ2) is 5.91. The highest BCUT2D eigenvalue weighted by atomic mass is 19.4. The van der Waals surface area contributed by atoms with E-state index in [1.54, 1.807) is 12.3 Å². The molecule has 0 unspecified atom stereocenters. The molecule has 3 rings (SSSR count). The fourth-order valence-electron chi connectivity index (χ4n) is 2.37. The highest BCUT2D eigenvalue weighted by Gasteiger charge is 2.30. The van der Waals surface area contributed by atoms with Crippen molar-refractivity contribution in [1.82, 2.24) is 14.8 Å². The summed E-state index contributed by atoms with van der Waals surface area (Å²) >= 11 is 0. The zero-order valence-electron chi connectivity index (χ0n) is 12.4. The van der Waals surface area contributed by atoms with Crippen LogP contribution in [0.4, 0.5) is 18.9 Å². The number of benzene rings is 1. The van der Waals surface area contributed by atoms with Gasteiger partial charge in [0.05, 0.1) is 23.8 Å². The Morgan fingerprint density at radius 1 is 1.22 bits per heavy atom. The molecule has 0 aliphatic carbocycles. The number of anilines is 1. The van der Waals surface area contributed by atoms with Crippen LogP contribution in [0.2, 0.25) is 0 Å². The molecule has 2 heterocycles. The Kier molecular flexibility index (Phi) is 3.94. The minimum atomic E-state index is -4.36. The van der Waals surface area contributed by atoms with Crippen molar-refractivity contribution in [2.75, 3.05) is 11.9 Å². The first kappa shape index (κ1) is 15.3. The van der Waals surface area contributed by atoms with E-state index in [1.807, 2.05) is 17.8 Å². The molecule has 0 bridgehead atoms. The number of rotatable bonds is 4. The molecular formula is C16H15F3N4. The minimum Gasteiger partial charge on any atom is -0.383 e. The molecule has 3 aromatic rings. The number of hydrogen-bond donors (Lipinski definition) is 1. The quantitative estimate of drug-likeness (QED) is 0.793. The van der Waals surface area contributed by atoms with E-state index in [-0.39, 0.29) is 0 Å². The molecule has 0 atom stereocenters. The van der Waals surface area contributed by atoms with E-state index in [0.717, 1.165) is 23.4 Å². The van der Waals surface area contributed by atoms with Crippen molar-refractivity contribution in [2.45, 2.75) is 19.6 Å². The van der Waals surface area contributed by atoms with Crippen LogP contribution in [0.15, 0.2) is 42.9 Å². The summed E-state index contributed by atoms with van der Waals surface area (Å²) in [6.07, 6.45) is 0.850. The van der Waals surface area contributed by atoms with Gasteiger partial charge >= 0.3 is 6.18 Å². The smallest absolute Gasteiger partial charge is 0.383 e. The lowest BCUT2D eigenvalue weighted by molar-refractivity contribution is -0.137. The van der Waals surface area contributed by atoms with Crippen molar-refractivity contribution in [1.29, 1.82) is 0 Å². The van der Waals surface area contributed by atoms with Gasteiger partial charge in [-0.1, -0.05) is 6.07 Å². The van der Waals surface area contributed by atoms with Crippen molar-refractivity contribution in [3.8, 4) is 0 Å². The standard InChI is InChI=1S/C16H15F3N4/c1-11-9-22-23(10-11)7-6-21-14-4-5-20-15-8-12(16(17,18)19)2-3-13(14)15/h2-5,8-10H,6-7H2,1H3,(H,20,21). The van der Waals surface area contributed by atoms with Gasteiger partial charge in [0.1, 0.15) is 0 Å². The number of aryl methyl sites for hydroxylation is 1. The molecule has 0 aliphatic heterocycles. The van der Waals surface area contributed by atoms with E-state index in [1.165, 1.54) is 12.3 Å². The Morgan fingerprint density at radius 2 is 2.04 bits per heavy atom. The molecule has 0 spiro atoms. The molecule has 0 saturated carbocycles. The van der Waals surface area contributed by atoms with E-state index in [4.69, 9.17) is 0 Å². The van der Waals surface area contributed by atoms with Crippen molar-refractivity contribution in [3.63, 3.8) is 0 Å². The van der Waals surface area contributed by atoms with Gasteiger partial charge in [0.25, 0.3) is 0 Å². The van der Waals surface area contributed by atoms with Crippen LogP contribution >= 0.6 is 0 Å². The third-order valence-electron chi connectivity index (χ3n) is 3.49. The second-order valence-electron chi connectivity index (χ2n) is 5.30. The number of aromatic nitrogens is 3. The Hall–Kier alpha value is -2.57. The van der Waals surface area contributed by atoms with E-state index >= 15 is 0 Å². The van der Waals surface area contributed by atoms with Crippen LogP contribution in [0.25, 0.3) is 10.9 Å². The summed E-state index contributed by atoms with van der Waals surface area (Å²) in [5.41, 5.74) is 1.47. The predicted molar refractivity (Wildman–Crippen MR) is 82.2 cm³/mol. The van der Waals surface area contributed by atoms with Gasteiger partial charge in [-0.05, 0) is 30.7 Å². The number of hydrogen-bond acceptors (Lipinski definition) is 3. The number of nitrogens with zero attached hydrogens (tertiary/aromatic N) is 3. The maximum Gasteiger partial charge on any atom is 0.416 e. The van der Waals surface area contributed by atoms with Crippen LogP contribution in [0.1, 0.15) is 11.1 Å². The third-order valence-corrected chi connectivity index (χ3v) is 3.49. The van der Waals surface area contributed by atoms with E-state index in [0.29, 0.717) is 24.0 Å². The van der Waals surface area contributed by atoms with Crippen LogP contribution in [-0.2, 0) is 12.7 Å². The second-order valence-corrected chi connectivity index (χ2v) is 5.30. The molecule has 0 amide bonds. The number of halogens is 3. The summed E-state index contributed by atoms with van der Waals surface area (Å²) in [4.78, 5) is 4.03. The summed E-state index contributed by atoms with van der Waals surface area (Å²) in [5, 5.41) is 8.07. The van der Waals surface area contributed by atoms with E-state index in [9.17, 15) is 13.2 Å². The van der Waals surface area contributed by atoms with Crippen LogP contribution in [0, 0.1) is 6.92 Å². The summed E-state index contributed by atoms with van der Waals surface area (Å²) < 4.78 is 40.1. The largest absolute Gasteiger partial charge is 0.416 e. The summed E-state index contributed by atoms with van der Waals surface area (Å²) in [7, 11) is 0. The van der Waals surface area contributed by atoms with Crippen LogP contribution in [-0.4, -0.2) is 21.3 Å². The lowest BCUT2D eigenvalue weighted by Crippen LogP contribution is -2.11. The Balaban J connectivity index is 1.78. The molecule has 2 aromatic heterocycles. The first-order valence-electron chi connectivity index (χ1n) is 7.12. The number of alkyl halides is 3. The maximum absolute atomic E-state index is 12.8.